The fourth-order valence-corrected chi connectivity index (χ4v) is 2.64. The maximum Gasteiger partial charge on any atom is 0.194 e. The first-order valence-electron chi connectivity index (χ1n) is 6.83. The van der Waals surface area contributed by atoms with Crippen molar-refractivity contribution in [1.29, 1.82) is 0 Å². The van der Waals surface area contributed by atoms with Crippen LogP contribution in [0.1, 0.15) is 62.7 Å². The molecule has 2 heteroatoms. The summed E-state index contributed by atoms with van der Waals surface area (Å²) in [5.41, 5.74) is 4.19. The molecule has 0 atom stereocenters. The standard InChI is InChI=1S/C18H16O2/c1-10(2)12-5-7-14-16(9-12)18(20)13-6-4-11(3)8-15(13)17(14)19/h4-10H,1-3H3. The number of ketones is 2. The molecule has 0 aliphatic heterocycles. The molecule has 0 fully saturated rings. The van der Waals surface area contributed by atoms with E-state index in [0.717, 1.165) is 11.1 Å². The molecule has 20 heavy (non-hydrogen) atoms. The van der Waals surface area contributed by atoms with Gasteiger partial charge < -0.3 is 0 Å². The third kappa shape index (κ3) is 1.80. The molecule has 2 nitrogen and oxygen atoms in total. The number of carbonyl (C=O) groups excluding carboxylic acids is 2. The molecule has 0 amide bonds. The Balaban J connectivity index is 2.23. The van der Waals surface area contributed by atoms with Gasteiger partial charge in [0.2, 0.25) is 0 Å². The van der Waals surface area contributed by atoms with Crippen LogP contribution in [0.3, 0.4) is 0 Å². The lowest BCUT2D eigenvalue weighted by molar-refractivity contribution is 0.0979. The van der Waals surface area contributed by atoms with Crippen molar-refractivity contribution in [1.82, 2.24) is 0 Å². The molecule has 0 saturated carbocycles. The van der Waals surface area contributed by atoms with E-state index in [9.17, 15) is 9.59 Å². The van der Waals surface area contributed by atoms with Crippen molar-refractivity contribution in [3.05, 3.63) is 69.8 Å². The minimum Gasteiger partial charge on any atom is -0.289 e. The average Bonchev–Trinajstić information content (AvgIpc) is 2.44. The van der Waals surface area contributed by atoms with Crippen LogP contribution in [-0.2, 0) is 0 Å². The fourth-order valence-electron chi connectivity index (χ4n) is 2.64. The SMILES string of the molecule is Cc1ccc2c(c1)C(=O)c1ccc(C(C)C)cc1C2=O. The largest absolute Gasteiger partial charge is 0.289 e. The molecule has 0 spiro atoms. The van der Waals surface area contributed by atoms with Crippen molar-refractivity contribution < 1.29 is 9.59 Å². The summed E-state index contributed by atoms with van der Waals surface area (Å²) in [6, 6.07) is 11.0. The molecule has 2 aromatic carbocycles. The van der Waals surface area contributed by atoms with Crippen LogP contribution in [0.2, 0.25) is 0 Å². The second kappa shape index (κ2) is 4.41. The predicted molar refractivity (Wildman–Crippen MR) is 78.6 cm³/mol. The highest BCUT2D eigenvalue weighted by Gasteiger charge is 2.29. The van der Waals surface area contributed by atoms with Crippen LogP contribution in [0.25, 0.3) is 0 Å². The van der Waals surface area contributed by atoms with Gasteiger partial charge in [-0.3, -0.25) is 9.59 Å². The van der Waals surface area contributed by atoms with E-state index in [4.69, 9.17) is 0 Å². The van der Waals surface area contributed by atoms with Crippen LogP contribution >= 0.6 is 0 Å². The van der Waals surface area contributed by atoms with E-state index in [1.165, 1.54) is 0 Å². The summed E-state index contributed by atoms with van der Waals surface area (Å²) in [5.74, 6) is 0.244. The van der Waals surface area contributed by atoms with Gasteiger partial charge in [-0.2, -0.15) is 0 Å². The molecule has 1 aliphatic rings. The van der Waals surface area contributed by atoms with Gasteiger partial charge in [0.1, 0.15) is 0 Å². The van der Waals surface area contributed by atoms with Gasteiger partial charge in [0.15, 0.2) is 11.6 Å². The number of aryl methyl sites for hydroxylation is 1. The van der Waals surface area contributed by atoms with E-state index >= 15 is 0 Å². The number of hydrogen-bond acceptors (Lipinski definition) is 2. The molecule has 1 aliphatic carbocycles. The van der Waals surface area contributed by atoms with Gasteiger partial charge in [-0.25, -0.2) is 0 Å². The molecule has 0 unspecified atom stereocenters. The van der Waals surface area contributed by atoms with Crippen molar-refractivity contribution in [3.63, 3.8) is 0 Å². The number of carbonyl (C=O) groups is 2. The van der Waals surface area contributed by atoms with E-state index in [1.54, 1.807) is 18.2 Å². The lowest BCUT2D eigenvalue weighted by Crippen LogP contribution is -2.21. The maximum absolute atomic E-state index is 12.6. The van der Waals surface area contributed by atoms with E-state index in [1.807, 2.05) is 25.1 Å². The third-order valence-corrected chi connectivity index (χ3v) is 3.86. The first-order valence-corrected chi connectivity index (χ1v) is 6.83. The van der Waals surface area contributed by atoms with Gasteiger partial charge in [0.05, 0.1) is 0 Å². The average molecular weight is 264 g/mol. The van der Waals surface area contributed by atoms with Crippen molar-refractivity contribution in [2.45, 2.75) is 26.7 Å². The first kappa shape index (κ1) is 12.8. The van der Waals surface area contributed by atoms with E-state index < -0.39 is 0 Å². The normalized spacial score (nSPS) is 13.4. The summed E-state index contributed by atoms with van der Waals surface area (Å²) in [7, 11) is 0. The Labute approximate surface area is 118 Å². The molecule has 0 heterocycles. The summed E-state index contributed by atoms with van der Waals surface area (Å²) < 4.78 is 0. The third-order valence-electron chi connectivity index (χ3n) is 3.86. The van der Waals surface area contributed by atoms with Crippen molar-refractivity contribution in [2.24, 2.45) is 0 Å². The molecule has 0 radical (unpaired) electrons. The molecule has 0 aromatic heterocycles. The summed E-state index contributed by atoms with van der Waals surface area (Å²) in [6.45, 7) is 6.08. The van der Waals surface area contributed by atoms with Crippen molar-refractivity contribution in [2.75, 3.05) is 0 Å². The summed E-state index contributed by atoms with van der Waals surface area (Å²) in [5, 5.41) is 0. The molecule has 0 bridgehead atoms. The summed E-state index contributed by atoms with van der Waals surface area (Å²) in [4.78, 5) is 25.1. The van der Waals surface area contributed by atoms with Gasteiger partial charge >= 0.3 is 0 Å². The van der Waals surface area contributed by atoms with Gasteiger partial charge in [-0.05, 0) is 30.5 Å². The highest BCUT2D eigenvalue weighted by Crippen LogP contribution is 2.30. The van der Waals surface area contributed by atoms with Crippen LogP contribution in [0.5, 0.6) is 0 Å². The van der Waals surface area contributed by atoms with Gasteiger partial charge in [-0.1, -0.05) is 43.7 Å². The monoisotopic (exact) mass is 264 g/mol. The molecule has 3 rings (SSSR count). The Kier molecular flexibility index (Phi) is 2.82. The Morgan fingerprint density at radius 2 is 1.30 bits per heavy atom. The molecular formula is C18H16O2. The van der Waals surface area contributed by atoms with Gasteiger partial charge in [0, 0.05) is 22.3 Å². The molecule has 0 saturated heterocycles. The summed E-state index contributed by atoms with van der Waals surface area (Å²) >= 11 is 0. The minimum absolute atomic E-state index is 0.0444. The second-order valence-corrected chi connectivity index (χ2v) is 5.67. The van der Waals surface area contributed by atoms with E-state index in [0.29, 0.717) is 28.2 Å². The molecule has 100 valence electrons. The number of benzene rings is 2. The van der Waals surface area contributed by atoms with Crippen LogP contribution in [0.15, 0.2) is 36.4 Å². The van der Waals surface area contributed by atoms with Gasteiger partial charge in [-0.15, -0.1) is 0 Å². The fraction of sp³-hybridized carbons (Fsp3) is 0.222. The Bertz CT molecular complexity index is 739. The Morgan fingerprint density at radius 1 is 0.750 bits per heavy atom. The Morgan fingerprint density at radius 3 is 1.90 bits per heavy atom. The molecular weight excluding hydrogens is 248 g/mol. The lowest BCUT2D eigenvalue weighted by atomic mass is 9.82. The van der Waals surface area contributed by atoms with Crippen molar-refractivity contribution in [3.8, 4) is 0 Å². The summed E-state index contributed by atoms with van der Waals surface area (Å²) in [6.07, 6.45) is 0. The second-order valence-electron chi connectivity index (χ2n) is 5.67. The number of hydrogen-bond donors (Lipinski definition) is 0. The van der Waals surface area contributed by atoms with Crippen molar-refractivity contribution >= 4 is 11.6 Å². The van der Waals surface area contributed by atoms with E-state index in [2.05, 4.69) is 13.8 Å². The quantitative estimate of drug-likeness (QED) is 0.668. The van der Waals surface area contributed by atoms with Crippen LogP contribution in [0.4, 0.5) is 0 Å². The van der Waals surface area contributed by atoms with Gasteiger partial charge in [0.25, 0.3) is 0 Å². The van der Waals surface area contributed by atoms with Crippen LogP contribution < -0.4 is 0 Å². The number of rotatable bonds is 1. The smallest absolute Gasteiger partial charge is 0.194 e. The zero-order chi connectivity index (χ0) is 14.4. The van der Waals surface area contributed by atoms with Crippen LogP contribution in [0, 0.1) is 6.92 Å². The zero-order valence-corrected chi connectivity index (χ0v) is 11.9. The molecule has 2 aromatic rings. The zero-order valence-electron chi connectivity index (χ0n) is 11.9. The topological polar surface area (TPSA) is 34.1 Å². The maximum atomic E-state index is 12.6. The highest BCUT2D eigenvalue weighted by molar-refractivity contribution is 6.28. The highest BCUT2D eigenvalue weighted by atomic mass is 16.1. The van der Waals surface area contributed by atoms with E-state index in [-0.39, 0.29) is 11.6 Å². The predicted octanol–water partition coefficient (Wildman–Crippen LogP) is 3.89. The lowest BCUT2D eigenvalue weighted by Gasteiger charge is -2.19. The molecule has 0 N–H and O–H groups in total. The first-order chi connectivity index (χ1) is 9.49. The minimum atomic E-state index is -0.0476. The van der Waals surface area contributed by atoms with Crippen LogP contribution in [-0.4, -0.2) is 11.6 Å². The Hall–Kier alpha value is -2.22. The number of fused-ring (bicyclic) bond motifs is 2.